The van der Waals surface area contributed by atoms with Crippen molar-refractivity contribution < 1.29 is 10.0 Å². The third-order valence-corrected chi connectivity index (χ3v) is 2.71. The molecular weight excluding hydrogens is 234 g/mol. The topological polar surface area (TPSA) is 113 Å². The number of hydrogen-bond donors (Lipinski definition) is 2. The minimum absolute atomic E-state index is 0.106. The highest BCUT2D eigenvalue weighted by molar-refractivity contribution is 5.57. The van der Waals surface area contributed by atoms with Crippen LogP contribution in [-0.2, 0) is 0 Å². The smallest absolute Gasteiger partial charge is 0.312 e. The van der Waals surface area contributed by atoms with Crippen LogP contribution in [0, 0.1) is 26.9 Å². The summed E-state index contributed by atoms with van der Waals surface area (Å²) < 4.78 is 0. The van der Waals surface area contributed by atoms with Crippen molar-refractivity contribution in [2.75, 3.05) is 0 Å². The monoisotopic (exact) mass is 249 g/mol. The van der Waals surface area contributed by atoms with E-state index in [-0.39, 0.29) is 16.5 Å². The van der Waals surface area contributed by atoms with Gasteiger partial charge >= 0.3 is 5.69 Å². The van der Waals surface area contributed by atoms with Gasteiger partial charge in [0.05, 0.1) is 16.6 Å². The number of benzene rings is 1. The van der Waals surface area contributed by atoms with Gasteiger partial charge in [0, 0.05) is 17.7 Å². The molecule has 0 heterocycles. The molecule has 1 atom stereocenters. The molecule has 1 aromatic carbocycles. The zero-order valence-corrected chi connectivity index (χ0v) is 10.5. The highest BCUT2D eigenvalue weighted by atomic mass is 16.6. The molecule has 0 aliphatic rings. The molecular formula is C12H15N3O3. The fourth-order valence-electron chi connectivity index (χ4n) is 1.55. The van der Waals surface area contributed by atoms with E-state index in [1.807, 2.05) is 26.8 Å². The summed E-state index contributed by atoms with van der Waals surface area (Å²) in [6.45, 7) is 5.55. The van der Waals surface area contributed by atoms with Gasteiger partial charge in [-0.3, -0.25) is 10.1 Å². The van der Waals surface area contributed by atoms with Gasteiger partial charge in [0.25, 0.3) is 0 Å². The summed E-state index contributed by atoms with van der Waals surface area (Å²) in [5.74, 6) is -0.471. The Hall–Kier alpha value is -2.13. The number of nitro benzene ring substituents is 1. The van der Waals surface area contributed by atoms with Crippen molar-refractivity contribution in [2.24, 2.45) is 11.1 Å². The molecule has 1 aromatic rings. The predicted octanol–water partition coefficient (Wildman–Crippen LogP) is 2.22. The van der Waals surface area contributed by atoms with Gasteiger partial charge in [0.1, 0.15) is 0 Å². The molecule has 0 radical (unpaired) electrons. The van der Waals surface area contributed by atoms with Crippen LogP contribution in [0.2, 0.25) is 0 Å². The lowest BCUT2D eigenvalue weighted by Gasteiger charge is -2.27. The number of nitrogens with two attached hydrogens (primary N) is 1. The number of nitriles is 1. The van der Waals surface area contributed by atoms with E-state index in [1.165, 1.54) is 6.07 Å². The van der Waals surface area contributed by atoms with Crippen molar-refractivity contribution in [1.29, 1.82) is 5.26 Å². The summed E-state index contributed by atoms with van der Waals surface area (Å²) in [7, 11) is 0. The number of hydrogen-bond acceptors (Lipinski definition) is 5. The van der Waals surface area contributed by atoms with E-state index >= 15 is 0 Å². The number of nitrogens with zero attached hydrogens (tertiary/aromatic N) is 2. The Morgan fingerprint density at radius 2 is 2.06 bits per heavy atom. The number of phenolic OH excluding ortho intramolecular Hbond substituents is 1. The lowest BCUT2D eigenvalue weighted by molar-refractivity contribution is -0.386. The molecule has 0 aromatic heterocycles. The first kappa shape index (κ1) is 13.9. The highest BCUT2D eigenvalue weighted by Gasteiger charge is 2.29. The molecule has 0 aliphatic heterocycles. The molecule has 0 spiro atoms. The van der Waals surface area contributed by atoms with Gasteiger partial charge in [-0.05, 0) is 11.5 Å². The predicted molar refractivity (Wildman–Crippen MR) is 65.9 cm³/mol. The van der Waals surface area contributed by atoms with Gasteiger partial charge in [-0.15, -0.1) is 0 Å². The number of rotatable bonds is 2. The molecule has 6 nitrogen and oxygen atoms in total. The lowest BCUT2D eigenvalue weighted by atomic mass is 9.82. The van der Waals surface area contributed by atoms with E-state index in [2.05, 4.69) is 0 Å². The van der Waals surface area contributed by atoms with E-state index in [4.69, 9.17) is 11.0 Å². The van der Waals surface area contributed by atoms with Crippen LogP contribution in [0.3, 0.4) is 0 Å². The third-order valence-electron chi connectivity index (χ3n) is 2.71. The molecule has 0 fully saturated rings. The summed E-state index contributed by atoms with van der Waals surface area (Å²) in [5, 5.41) is 29.5. The largest absolute Gasteiger partial charge is 0.502 e. The maximum atomic E-state index is 10.8. The standard InChI is InChI=1S/C12H15N3O3/c1-12(2,3)11(14)8-4-7(6-13)5-9(10(8)16)15(17)18/h4-5,11,16H,14H2,1-3H3/t11-/m0/s1. The number of nitro groups is 1. The van der Waals surface area contributed by atoms with Crippen LogP contribution in [0.5, 0.6) is 5.75 Å². The molecule has 6 heteroatoms. The SMILES string of the molecule is CC(C)(C)[C@@H](N)c1cc(C#N)cc([N+](=O)[O-])c1O. The summed E-state index contributed by atoms with van der Waals surface area (Å²) >= 11 is 0. The molecule has 1 rings (SSSR count). The Morgan fingerprint density at radius 1 is 1.50 bits per heavy atom. The molecule has 18 heavy (non-hydrogen) atoms. The Balaban J connectivity index is 3.50. The summed E-state index contributed by atoms with van der Waals surface area (Å²) in [6.07, 6.45) is 0. The zero-order valence-electron chi connectivity index (χ0n) is 10.5. The van der Waals surface area contributed by atoms with Gasteiger partial charge in [-0.2, -0.15) is 5.26 Å². The van der Waals surface area contributed by atoms with Crippen LogP contribution < -0.4 is 5.73 Å². The van der Waals surface area contributed by atoms with Crippen molar-refractivity contribution >= 4 is 5.69 Å². The average molecular weight is 249 g/mol. The Morgan fingerprint density at radius 3 is 2.44 bits per heavy atom. The van der Waals surface area contributed by atoms with Gasteiger partial charge in [-0.25, -0.2) is 0 Å². The second-order valence-electron chi connectivity index (χ2n) is 5.15. The van der Waals surface area contributed by atoms with Crippen LogP contribution in [0.1, 0.15) is 37.9 Å². The van der Waals surface area contributed by atoms with E-state index < -0.39 is 22.4 Å². The van der Waals surface area contributed by atoms with Crippen molar-refractivity contribution in [3.05, 3.63) is 33.4 Å². The summed E-state index contributed by atoms with van der Waals surface area (Å²) in [5.41, 5.74) is 5.41. The molecule has 0 saturated heterocycles. The number of phenols is 1. The van der Waals surface area contributed by atoms with Gasteiger partial charge in [0.15, 0.2) is 5.75 Å². The van der Waals surface area contributed by atoms with E-state index in [9.17, 15) is 15.2 Å². The molecule has 0 saturated carbocycles. The molecule has 96 valence electrons. The quantitative estimate of drug-likeness (QED) is 0.616. The van der Waals surface area contributed by atoms with Crippen molar-refractivity contribution in [3.63, 3.8) is 0 Å². The lowest BCUT2D eigenvalue weighted by Crippen LogP contribution is -2.26. The average Bonchev–Trinajstić information content (AvgIpc) is 2.26. The molecule has 3 N–H and O–H groups in total. The first-order chi connectivity index (χ1) is 8.18. The highest BCUT2D eigenvalue weighted by Crippen LogP contribution is 2.40. The van der Waals surface area contributed by atoms with Crippen molar-refractivity contribution in [1.82, 2.24) is 0 Å². The Bertz CT molecular complexity index is 527. The second-order valence-corrected chi connectivity index (χ2v) is 5.15. The molecule has 0 aliphatic carbocycles. The summed E-state index contributed by atoms with van der Waals surface area (Å²) in [4.78, 5) is 10.1. The van der Waals surface area contributed by atoms with E-state index in [0.717, 1.165) is 6.07 Å². The molecule has 0 unspecified atom stereocenters. The van der Waals surface area contributed by atoms with Crippen LogP contribution in [0.15, 0.2) is 12.1 Å². The van der Waals surface area contributed by atoms with E-state index in [1.54, 1.807) is 0 Å². The minimum Gasteiger partial charge on any atom is -0.502 e. The minimum atomic E-state index is -0.727. The number of aromatic hydroxyl groups is 1. The van der Waals surface area contributed by atoms with Gasteiger partial charge < -0.3 is 10.8 Å². The van der Waals surface area contributed by atoms with Crippen LogP contribution in [0.4, 0.5) is 5.69 Å². The first-order valence-electron chi connectivity index (χ1n) is 5.35. The van der Waals surface area contributed by atoms with Crippen LogP contribution in [-0.4, -0.2) is 10.0 Å². The normalized spacial score (nSPS) is 12.8. The first-order valence-corrected chi connectivity index (χ1v) is 5.35. The maximum Gasteiger partial charge on any atom is 0.312 e. The fourth-order valence-corrected chi connectivity index (χ4v) is 1.55. The Labute approximate surface area is 105 Å². The molecule has 0 amide bonds. The van der Waals surface area contributed by atoms with Gasteiger partial charge in [-0.1, -0.05) is 20.8 Å². The van der Waals surface area contributed by atoms with Gasteiger partial charge in [0.2, 0.25) is 0 Å². The fraction of sp³-hybridized carbons (Fsp3) is 0.417. The van der Waals surface area contributed by atoms with Crippen LogP contribution >= 0.6 is 0 Å². The van der Waals surface area contributed by atoms with Crippen molar-refractivity contribution in [3.8, 4) is 11.8 Å². The van der Waals surface area contributed by atoms with Crippen molar-refractivity contribution in [2.45, 2.75) is 26.8 Å². The second kappa shape index (κ2) is 4.63. The van der Waals surface area contributed by atoms with Crippen LogP contribution in [0.25, 0.3) is 0 Å². The van der Waals surface area contributed by atoms with E-state index in [0.29, 0.717) is 0 Å². The molecule has 0 bridgehead atoms. The third kappa shape index (κ3) is 2.57. The Kier molecular flexibility index (Phi) is 3.58. The zero-order chi connectivity index (χ0) is 14.1. The maximum absolute atomic E-state index is 10.8. The summed E-state index contributed by atoms with van der Waals surface area (Å²) in [6, 6.07) is 3.64.